The van der Waals surface area contributed by atoms with Crippen molar-refractivity contribution in [2.24, 2.45) is 10.4 Å². The van der Waals surface area contributed by atoms with Crippen LogP contribution in [-0.2, 0) is 14.4 Å². The highest BCUT2D eigenvalue weighted by Crippen LogP contribution is 2.26. The number of halogens is 1. The van der Waals surface area contributed by atoms with Crippen LogP contribution < -0.4 is 0 Å². The van der Waals surface area contributed by atoms with Crippen molar-refractivity contribution in [2.45, 2.75) is 12.2 Å². The molecule has 0 spiro atoms. The van der Waals surface area contributed by atoms with E-state index in [0.717, 1.165) is 0 Å². The second-order valence-electron chi connectivity index (χ2n) is 4.04. The number of benzene rings is 1. The normalized spacial score (nSPS) is 20.0. The van der Waals surface area contributed by atoms with Crippen LogP contribution in [0.2, 0.25) is 5.02 Å². The molecule has 3 N–H and O–H groups in total. The highest BCUT2D eigenvalue weighted by Gasteiger charge is 2.41. The molecule has 1 heterocycles. The van der Waals surface area contributed by atoms with E-state index in [2.05, 4.69) is 15.1 Å². The maximum atomic E-state index is 11.2. The summed E-state index contributed by atoms with van der Waals surface area (Å²) in [7, 11) is 0. The summed E-state index contributed by atoms with van der Waals surface area (Å²) in [5.41, 5.74) is 0.420. The van der Waals surface area contributed by atoms with E-state index in [-0.39, 0.29) is 0 Å². The molecule has 0 fully saturated rings. The van der Waals surface area contributed by atoms with Gasteiger partial charge in [0.1, 0.15) is 6.10 Å². The Morgan fingerprint density at radius 2 is 2.05 bits per heavy atom. The molecule has 1 aliphatic heterocycles. The smallest absolute Gasteiger partial charge is 0.378 e. The minimum atomic E-state index is -1.45. The molecule has 9 heteroatoms. The number of cyclic esters (lactones) is 1. The molecule has 0 unspecified atom stereocenters. The van der Waals surface area contributed by atoms with Crippen molar-refractivity contribution in [3.63, 3.8) is 0 Å². The second kappa shape index (κ2) is 6.53. The molecular formula is C12H11ClN2O6. The minimum absolute atomic E-state index is 0.417. The van der Waals surface area contributed by atoms with Crippen LogP contribution in [-0.4, -0.2) is 40.1 Å². The molecule has 0 aromatic heterocycles. The molecule has 0 amide bonds. The number of nitrogens with zero attached hydrogens (tertiary/aromatic N) is 2. The van der Waals surface area contributed by atoms with Crippen LogP contribution in [0.1, 0.15) is 0 Å². The first-order chi connectivity index (χ1) is 10.0. The lowest BCUT2D eigenvalue weighted by atomic mass is 10.2. The average Bonchev–Trinajstić information content (AvgIpc) is 2.77. The molecule has 0 radical (unpaired) electrons. The fourth-order valence-corrected chi connectivity index (χ4v) is 1.65. The Bertz CT molecular complexity index is 586. The highest BCUT2D eigenvalue weighted by atomic mass is 35.5. The topological polar surface area (TPSA) is 121 Å². The summed E-state index contributed by atoms with van der Waals surface area (Å²) in [5, 5.41) is 35.3. The van der Waals surface area contributed by atoms with E-state index < -0.39 is 36.3 Å². The van der Waals surface area contributed by atoms with E-state index in [9.17, 15) is 15.0 Å². The van der Waals surface area contributed by atoms with Gasteiger partial charge >= 0.3 is 5.97 Å². The first-order valence-electron chi connectivity index (χ1n) is 5.79. The predicted molar refractivity (Wildman–Crippen MR) is 69.7 cm³/mol. The number of carbonyl (C=O) groups excluding carboxylic acids is 1. The third-order valence-electron chi connectivity index (χ3n) is 2.58. The number of carbonyl (C=O) groups is 1. The highest BCUT2D eigenvalue weighted by molar-refractivity contribution is 6.30. The molecule has 112 valence electrons. The fraction of sp³-hybridized carbons (Fsp3) is 0.250. The number of esters is 1. The molecule has 21 heavy (non-hydrogen) atoms. The van der Waals surface area contributed by atoms with Crippen molar-refractivity contribution >= 4 is 23.3 Å². The van der Waals surface area contributed by atoms with Crippen molar-refractivity contribution in [3.8, 4) is 0 Å². The number of hydrogen-bond donors (Lipinski definition) is 3. The Balaban J connectivity index is 2.09. The number of hydrogen-bond acceptors (Lipinski definition) is 8. The Morgan fingerprint density at radius 1 is 1.38 bits per heavy atom. The van der Waals surface area contributed by atoms with Crippen LogP contribution >= 0.6 is 11.6 Å². The van der Waals surface area contributed by atoms with Gasteiger partial charge in [-0.2, -0.15) is 0 Å². The summed E-state index contributed by atoms with van der Waals surface area (Å²) < 4.78 is 4.64. The zero-order valence-electron chi connectivity index (χ0n) is 10.5. The second-order valence-corrected chi connectivity index (χ2v) is 4.47. The van der Waals surface area contributed by atoms with Gasteiger partial charge in [0.15, 0.2) is 6.10 Å². The van der Waals surface area contributed by atoms with Gasteiger partial charge in [0.25, 0.3) is 0 Å². The van der Waals surface area contributed by atoms with Gasteiger partial charge in [0.2, 0.25) is 11.5 Å². The SMILES string of the molecule is O=C1O[C@H]([C@@H](O)CO)C(ON=Nc2ccc(Cl)cc2)=C1O. The van der Waals surface area contributed by atoms with Gasteiger partial charge in [-0.1, -0.05) is 11.6 Å². The van der Waals surface area contributed by atoms with E-state index in [1.54, 1.807) is 24.3 Å². The number of rotatable bonds is 5. The van der Waals surface area contributed by atoms with E-state index in [1.807, 2.05) is 0 Å². The molecule has 0 saturated carbocycles. The third-order valence-corrected chi connectivity index (χ3v) is 2.83. The van der Waals surface area contributed by atoms with Gasteiger partial charge in [0.05, 0.1) is 12.3 Å². The average molecular weight is 315 g/mol. The molecule has 0 bridgehead atoms. The molecule has 2 atom stereocenters. The maximum Gasteiger partial charge on any atom is 0.378 e. The number of aliphatic hydroxyl groups is 3. The zero-order chi connectivity index (χ0) is 15.4. The molecule has 1 aromatic rings. The van der Waals surface area contributed by atoms with Crippen molar-refractivity contribution in [1.29, 1.82) is 0 Å². The van der Waals surface area contributed by atoms with Gasteiger partial charge in [0, 0.05) is 10.3 Å². The largest absolute Gasteiger partial charge is 0.499 e. The maximum absolute atomic E-state index is 11.2. The van der Waals surface area contributed by atoms with Gasteiger partial charge in [-0.25, -0.2) is 4.79 Å². The van der Waals surface area contributed by atoms with Gasteiger partial charge < -0.3 is 24.9 Å². The molecule has 1 aliphatic rings. The van der Waals surface area contributed by atoms with Crippen molar-refractivity contribution in [2.75, 3.05) is 6.61 Å². The molecular weight excluding hydrogens is 304 g/mol. The molecule has 0 saturated heterocycles. The quantitative estimate of drug-likeness (QED) is 0.429. The Kier molecular flexibility index (Phi) is 4.73. The van der Waals surface area contributed by atoms with Gasteiger partial charge in [-0.15, -0.1) is 5.11 Å². The number of aliphatic hydroxyl groups excluding tert-OH is 3. The van der Waals surface area contributed by atoms with E-state index in [4.69, 9.17) is 21.5 Å². The molecule has 8 nitrogen and oxygen atoms in total. The van der Waals surface area contributed by atoms with Gasteiger partial charge in [-0.05, 0) is 24.3 Å². The lowest BCUT2D eigenvalue weighted by Gasteiger charge is -2.15. The summed E-state index contributed by atoms with van der Waals surface area (Å²) in [6.45, 7) is -0.688. The monoisotopic (exact) mass is 314 g/mol. The minimum Gasteiger partial charge on any atom is -0.499 e. The van der Waals surface area contributed by atoms with E-state index in [0.29, 0.717) is 10.7 Å². The Hall–Kier alpha value is -2.16. The first kappa shape index (κ1) is 15.2. The van der Waals surface area contributed by atoms with E-state index in [1.165, 1.54) is 0 Å². The summed E-state index contributed by atoms with van der Waals surface area (Å²) in [5.74, 6) is -2.33. The lowest BCUT2D eigenvalue weighted by molar-refractivity contribution is -0.148. The standard InChI is InChI=1S/C12H11ClN2O6/c13-6-1-3-7(4-2-6)14-15-21-11-9(18)12(19)20-10(11)8(17)5-16/h1-4,8,10,16-18H,5H2/t8-,10+/m0/s1. The van der Waals surface area contributed by atoms with Gasteiger partial charge in [-0.3, -0.25) is 0 Å². The summed E-state index contributed by atoms with van der Waals surface area (Å²) in [6, 6.07) is 6.32. The van der Waals surface area contributed by atoms with Crippen LogP contribution in [0.25, 0.3) is 0 Å². The zero-order valence-corrected chi connectivity index (χ0v) is 11.3. The Morgan fingerprint density at radius 3 is 2.67 bits per heavy atom. The van der Waals surface area contributed by atoms with Crippen LogP contribution in [0.3, 0.4) is 0 Å². The van der Waals surface area contributed by atoms with Crippen LogP contribution in [0, 0.1) is 0 Å². The lowest BCUT2D eigenvalue weighted by Crippen LogP contribution is -2.32. The molecule has 1 aromatic carbocycles. The van der Waals surface area contributed by atoms with Crippen LogP contribution in [0.5, 0.6) is 0 Å². The van der Waals surface area contributed by atoms with Crippen molar-refractivity contribution in [1.82, 2.24) is 0 Å². The van der Waals surface area contributed by atoms with Crippen molar-refractivity contribution in [3.05, 3.63) is 40.8 Å². The predicted octanol–water partition coefficient (Wildman–Crippen LogP) is 1.40. The Labute approximate surface area is 123 Å². The van der Waals surface area contributed by atoms with Crippen LogP contribution in [0.15, 0.2) is 46.2 Å². The first-order valence-corrected chi connectivity index (χ1v) is 6.17. The van der Waals surface area contributed by atoms with E-state index >= 15 is 0 Å². The fourth-order valence-electron chi connectivity index (χ4n) is 1.52. The summed E-state index contributed by atoms with van der Waals surface area (Å²) >= 11 is 5.70. The summed E-state index contributed by atoms with van der Waals surface area (Å²) in [4.78, 5) is 16.0. The molecule has 0 aliphatic carbocycles. The summed E-state index contributed by atoms with van der Waals surface area (Å²) in [6.07, 6.45) is -2.79. The number of ether oxygens (including phenoxy) is 1. The van der Waals surface area contributed by atoms with Crippen molar-refractivity contribution < 1.29 is 29.7 Å². The third kappa shape index (κ3) is 3.48. The van der Waals surface area contributed by atoms with Crippen LogP contribution in [0.4, 0.5) is 5.69 Å². The molecule has 2 rings (SSSR count).